The number of imidazole rings is 1. The van der Waals surface area contributed by atoms with Gasteiger partial charge in [-0.25, -0.2) is 9.55 Å². The van der Waals surface area contributed by atoms with Crippen molar-refractivity contribution in [2.24, 2.45) is 0 Å². The van der Waals surface area contributed by atoms with E-state index in [9.17, 15) is 0 Å². The second-order valence-electron chi connectivity index (χ2n) is 5.81. The van der Waals surface area contributed by atoms with Crippen molar-refractivity contribution in [2.45, 2.75) is 19.4 Å². The molecule has 0 bridgehead atoms. The van der Waals surface area contributed by atoms with E-state index in [4.69, 9.17) is 0 Å². The van der Waals surface area contributed by atoms with Crippen LogP contribution in [0, 0.1) is 0 Å². The molecule has 0 aliphatic carbocycles. The average Bonchev–Trinajstić information content (AvgIpc) is 3.13. The molecule has 4 heteroatoms. The molecule has 0 unspecified atom stereocenters. The highest BCUT2D eigenvalue weighted by Gasteiger charge is 2.31. The number of nitrogens with one attached hydrogen (secondary N) is 2. The Balaban J connectivity index is 1.54. The summed E-state index contributed by atoms with van der Waals surface area (Å²) in [4.78, 5) is 7.89. The number of hydrogen-bond acceptors (Lipinski definition) is 1. The Kier molecular flexibility index (Phi) is 2.69. The molecule has 4 rings (SSSR count). The van der Waals surface area contributed by atoms with E-state index in [1.807, 2.05) is 0 Å². The predicted molar refractivity (Wildman–Crippen MR) is 75.5 cm³/mol. The van der Waals surface area contributed by atoms with Gasteiger partial charge in [-0.15, -0.1) is 0 Å². The number of aromatic nitrogens is 2. The Morgan fingerprint density at radius 2 is 2.05 bits per heavy atom. The number of likely N-dealkylation sites (tertiary alicyclic amines) is 1. The third kappa shape index (κ3) is 1.91. The van der Waals surface area contributed by atoms with E-state index in [0.29, 0.717) is 0 Å². The molecule has 1 aromatic carbocycles. The zero-order chi connectivity index (χ0) is 12.7. The molecule has 3 heterocycles. The molecule has 1 aromatic heterocycles. The predicted octanol–water partition coefficient (Wildman–Crippen LogP) is -0.0459. The van der Waals surface area contributed by atoms with Crippen LogP contribution in [0.4, 0.5) is 5.95 Å². The van der Waals surface area contributed by atoms with Crippen molar-refractivity contribution in [3.05, 3.63) is 24.3 Å². The van der Waals surface area contributed by atoms with E-state index in [1.165, 1.54) is 56.0 Å². The van der Waals surface area contributed by atoms with Crippen molar-refractivity contribution in [3.63, 3.8) is 0 Å². The van der Waals surface area contributed by atoms with Gasteiger partial charge in [-0.05, 0) is 12.1 Å². The molecule has 0 amide bonds. The molecule has 0 saturated carbocycles. The van der Waals surface area contributed by atoms with Crippen molar-refractivity contribution < 1.29 is 9.47 Å². The maximum absolute atomic E-state index is 3.58. The summed E-state index contributed by atoms with van der Waals surface area (Å²) in [6.07, 6.45) is 2.84. The van der Waals surface area contributed by atoms with Gasteiger partial charge in [0.05, 0.1) is 19.6 Å². The van der Waals surface area contributed by atoms with Gasteiger partial charge < -0.3 is 4.90 Å². The number of para-hydroxylation sites is 2. The summed E-state index contributed by atoms with van der Waals surface area (Å²) in [7, 11) is 0. The maximum Gasteiger partial charge on any atom is 0.358 e. The van der Waals surface area contributed by atoms with E-state index >= 15 is 0 Å². The van der Waals surface area contributed by atoms with Crippen LogP contribution in [0.15, 0.2) is 24.3 Å². The van der Waals surface area contributed by atoms with Crippen molar-refractivity contribution in [2.75, 3.05) is 37.6 Å². The van der Waals surface area contributed by atoms with Gasteiger partial charge in [-0.1, -0.05) is 12.1 Å². The average molecular weight is 258 g/mol. The first-order valence-electron chi connectivity index (χ1n) is 7.51. The first kappa shape index (κ1) is 11.3. The number of nitrogens with zero attached hydrogens (tertiary/aromatic N) is 2. The first-order valence-corrected chi connectivity index (χ1v) is 7.51. The second-order valence-corrected chi connectivity index (χ2v) is 5.81. The SMILES string of the molecule is c1ccc2c(c1)[nH]c1[n+]2CCN1CC[NH+]1CCCC1. The zero-order valence-electron chi connectivity index (χ0n) is 11.4. The minimum Gasteiger partial charge on any atom is -0.332 e. The molecule has 2 aromatic rings. The van der Waals surface area contributed by atoms with Crippen molar-refractivity contribution in [1.82, 2.24) is 4.98 Å². The summed E-state index contributed by atoms with van der Waals surface area (Å²) in [5, 5.41) is 0. The van der Waals surface area contributed by atoms with Crippen LogP contribution in [0.1, 0.15) is 12.8 Å². The second kappa shape index (κ2) is 4.53. The topological polar surface area (TPSA) is 27.3 Å². The van der Waals surface area contributed by atoms with E-state index < -0.39 is 0 Å². The Hall–Kier alpha value is -1.55. The van der Waals surface area contributed by atoms with Crippen molar-refractivity contribution in [1.29, 1.82) is 0 Å². The molecule has 4 nitrogen and oxygen atoms in total. The van der Waals surface area contributed by atoms with E-state index in [0.717, 1.165) is 13.1 Å². The number of hydrogen-bond donors (Lipinski definition) is 2. The first-order chi connectivity index (χ1) is 9.42. The number of rotatable bonds is 3. The van der Waals surface area contributed by atoms with Gasteiger partial charge in [0.25, 0.3) is 0 Å². The van der Waals surface area contributed by atoms with Crippen molar-refractivity contribution in [3.8, 4) is 0 Å². The van der Waals surface area contributed by atoms with Crippen LogP contribution >= 0.6 is 0 Å². The van der Waals surface area contributed by atoms with E-state index in [2.05, 4.69) is 38.7 Å². The fraction of sp³-hybridized carbons (Fsp3) is 0.533. The number of aromatic amines is 1. The van der Waals surface area contributed by atoms with Crippen LogP contribution < -0.4 is 14.4 Å². The Morgan fingerprint density at radius 1 is 1.21 bits per heavy atom. The summed E-state index contributed by atoms with van der Waals surface area (Å²) < 4.78 is 2.43. The lowest BCUT2D eigenvalue weighted by Gasteiger charge is -2.14. The smallest absolute Gasteiger partial charge is 0.332 e. The molecular formula is C15H22N4+2. The van der Waals surface area contributed by atoms with Crippen LogP contribution in [0.3, 0.4) is 0 Å². The molecule has 0 radical (unpaired) electrons. The number of H-pyrrole nitrogens is 1. The molecular weight excluding hydrogens is 236 g/mol. The number of anilines is 1. The molecule has 2 aliphatic rings. The van der Waals surface area contributed by atoms with Crippen LogP contribution in [-0.4, -0.2) is 37.7 Å². The third-order valence-electron chi connectivity index (χ3n) is 4.64. The molecule has 1 fully saturated rings. The Bertz CT molecular complexity index is 583. The largest absolute Gasteiger partial charge is 0.358 e. The lowest BCUT2D eigenvalue weighted by atomic mass is 10.3. The van der Waals surface area contributed by atoms with Gasteiger partial charge in [0, 0.05) is 12.8 Å². The van der Waals surface area contributed by atoms with Crippen molar-refractivity contribution >= 4 is 17.0 Å². The normalized spacial score (nSPS) is 19.5. The highest BCUT2D eigenvalue weighted by Crippen LogP contribution is 2.18. The molecule has 2 N–H and O–H groups in total. The minimum absolute atomic E-state index is 1.12. The molecule has 0 spiro atoms. The molecule has 19 heavy (non-hydrogen) atoms. The highest BCUT2D eigenvalue weighted by atomic mass is 15.4. The summed E-state index contributed by atoms with van der Waals surface area (Å²) in [5.74, 6) is 1.31. The Labute approximate surface area is 113 Å². The minimum atomic E-state index is 1.12. The lowest BCUT2D eigenvalue weighted by molar-refractivity contribution is -0.885. The van der Waals surface area contributed by atoms with Gasteiger partial charge in [-0.3, -0.25) is 4.90 Å². The van der Waals surface area contributed by atoms with Gasteiger partial charge in [0.1, 0.15) is 30.7 Å². The fourth-order valence-electron chi connectivity index (χ4n) is 3.56. The molecule has 1 saturated heterocycles. The van der Waals surface area contributed by atoms with Gasteiger partial charge in [0.2, 0.25) is 0 Å². The number of fused-ring (bicyclic) bond motifs is 3. The summed E-state index contributed by atoms with van der Waals surface area (Å²) in [6, 6.07) is 8.61. The quantitative estimate of drug-likeness (QED) is 0.743. The van der Waals surface area contributed by atoms with E-state index in [-0.39, 0.29) is 0 Å². The molecule has 2 aliphatic heterocycles. The standard InChI is InChI=1S/C15H20N4/c1-2-6-14-13(5-1)16-15-18(11-12-19(14)15)10-9-17-7-3-4-8-17/h1-2,5-6H,3-4,7-12H2/p+2. The zero-order valence-corrected chi connectivity index (χ0v) is 11.4. The molecule has 100 valence electrons. The number of quaternary nitrogens is 1. The summed E-state index contributed by atoms with van der Waals surface area (Å²) in [6.45, 7) is 7.50. The highest BCUT2D eigenvalue weighted by molar-refractivity contribution is 5.73. The van der Waals surface area contributed by atoms with Crippen LogP contribution in [-0.2, 0) is 6.54 Å². The monoisotopic (exact) mass is 258 g/mol. The van der Waals surface area contributed by atoms with Gasteiger partial charge in [0.15, 0.2) is 0 Å². The number of benzene rings is 1. The molecule has 0 atom stereocenters. The summed E-state index contributed by atoms with van der Waals surface area (Å²) in [5.41, 5.74) is 2.60. The van der Waals surface area contributed by atoms with E-state index in [1.54, 1.807) is 4.90 Å². The third-order valence-corrected chi connectivity index (χ3v) is 4.64. The van der Waals surface area contributed by atoms with Gasteiger partial charge >= 0.3 is 5.95 Å². The Morgan fingerprint density at radius 3 is 2.95 bits per heavy atom. The fourth-order valence-corrected chi connectivity index (χ4v) is 3.56. The van der Waals surface area contributed by atoms with Gasteiger partial charge in [-0.2, -0.15) is 0 Å². The maximum atomic E-state index is 3.58. The van der Waals surface area contributed by atoms with Crippen LogP contribution in [0.25, 0.3) is 11.0 Å². The van der Waals surface area contributed by atoms with Crippen LogP contribution in [0.5, 0.6) is 0 Å². The lowest BCUT2D eigenvalue weighted by Crippen LogP contribution is -3.10. The van der Waals surface area contributed by atoms with Crippen LogP contribution in [0.2, 0.25) is 0 Å². The summed E-state index contributed by atoms with van der Waals surface area (Å²) >= 11 is 0.